The molecule has 1 N–H and O–H groups in total. The van der Waals surface area contributed by atoms with Crippen LogP contribution in [0.15, 0.2) is 48.5 Å². The summed E-state index contributed by atoms with van der Waals surface area (Å²) in [5, 5.41) is 3.09. The minimum atomic E-state index is -0.240. The molecule has 0 spiro atoms. The van der Waals surface area contributed by atoms with Gasteiger partial charge in [-0.15, -0.1) is 11.6 Å². The monoisotopic (exact) mass is 293 g/mol. The van der Waals surface area contributed by atoms with Crippen molar-refractivity contribution in [2.24, 2.45) is 0 Å². The smallest absolute Gasteiger partial charge is 0.257 e. The molecule has 2 nitrogen and oxygen atoms in total. The Bertz CT molecular complexity index is 596. The van der Waals surface area contributed by atoms with Gasteiger partial charge in [-0.2, -0.15) is 0 Å². The summed E-state index contributed by atoms with van der Waals surface area (Å²) in [7, 11) is 0. The van der Waals surface area contributed by atoms with Gasteiger partial charge in [-0.1, -0.05) is 41.9 Å². The number of amides is 1. The van der Waals surface area contributed by atoms with Gasteiger partial charge in [0, 0.05) is 5.69 Å². The average molecular weight is 294 g/mol. The van der Waals surface area contributed by atoms with E-state index < -0.39 is 0 Å². The van der Waals surface area contributed by atoms with Gasteiger partial charge in [0.15, 0.2) is 0 Å². The van der Waals surface area contributed by atoms with Crippen LogP contribution in [0.1, 0.15) is 28.2 Å². The fourth-order valence-corrected chi connectivity index (χ4v) is 2.20. The van der Waals surface area contributed by atoms with Crippen molar-refractivity contribution in [2.45, 2.75) is 12.3 Å². The van der Waals surface area contributed by atoms with E-state index in [0.717, 1.165) is 5.56 Å². The largest absolute Gasteiger partial charge is 0.322 e. The van der Waals surface area contributed by atoms with Crippen LogP contribution in [0, 0.1) is 0 Å². The zero-order valence-electron chi connectivity index (χ0n) is 10.4. The van der Waals surface area contributed by atoms with Gasteiger partial charge in [0.05, 0.1) is 16.0 Å². The molecule has 0 bridgehead atoms. The van der Waals surface area contributed by atoms with E-state index in [2.05, 4.69) is 5.32 Å². The van der Waals surface area contributed by atoms with Crippen molar-refractivity contribution in [3.05, 3.63) is 64.7 Å². The number of hydrogen-bond acceptors (Lipinski definition) is 1. The van der Waals surface area contributed by atoms with Crippen LogP contribution in [0.2, 0.25) is 5.02 Å². The summed E-state index contributed by atoms with van der Waals surface area (Å²) in [4.78, 5) is 12.2. The van der Waals surface area contributed by atoms with Crippen molar-refractivity contribution in [1.29, 1.82) is 0 Å². The number of benzene rings is 2. The molecule has 2 aromatic carbocycles. The van der Waals surface area contributed by atoms with Gasteiger partial charge in [0.25, 0.3) is 5.91 Å². The highest BCUT2D eigenvalue weighted by Crippen LogP contribution is 2.27. The van der Waals surface area contributed by atoms with Crippen molar-refractivity contribution < 1.29 is 4.79 Å². The first-order chi connectivity index (χ1) is 9.09. The van der Waals surface area contributed by atoms with Gasteiger partial charge >= 0.3 is 0 Å². The maximum absolute atomic E-state index is 12.2. The van der Waals surface area contributed by atoms with Crippen LogP contribution >= 0.6 is 23.2 Å². The Hall–Kier alpha value is -1.51. The van der Waals surface area contributed by atoms with Crippen LogP contribution in [0.3, 0.4) is 0 Å². The number of rotatable bonds is 3. The molecule has 0 aliphatic heterocycles. The zero-order valence-corrected chi connectivity index (χ0v) is 11.9. The fourth-order valence-electron chi connectivity index (χ4n) is 1.79. The second kappa shape index (κ2) is 6.09. The number of carbonyl (C=O) groups is 1. The maximum Gasteiger partial charge on any atom is 0.257 e. The number of alkyl halides is 1. The van der Waals surface area contributed by atoms with Gasteiger partial charge in [-0.25, -0.2) is 0 Å². The highest BCUT2D eigenvalue weighted by Gasteiger charge is 2.13. The fraction of sp³-hybridized carbons (Fsp3) is 0.133. The summed E-state index contributed by atoms with van der Waals surface area (Å²) in [6.07, 6.45) is 0. The number of anilines is 1. The standard InChI is InChI=1S/C15H13Cl2NO/c1-10(16)11-6-3-5-9-14(11)18-15(19)12-7-2-4-8-13(12)17/h2-10H,1H3,(H,18,19). The van der Waals surface area contributed by atoms with Crippen molar-refractivity contribution in [3.8, 4) is 0 Å². The molecular formula is C15H13Cl2NO. The molecule has 2 rings (SSSR count). The van der Waals surface area contributed by atoms with E-state index in [1.54, 1.807) is 24.3 Å². The minimum Gasteiger partial charge on any atom is -0.322 e. The van der Waals surface area contributed by atoms with Crippen molar-refractivity contribution in [3.63, 3.8) is 0 Å². The third kappa shape index (κ3) is 3.28. The lowest BCUT2D eigenvalue weighted by Crippen LogP contribution is -2.13. The average Bonchev–Trinajstić information content (AvgIpc) is 2.39. The van der Waals surface area contributed by atoms with E-state index in [9.17, 15) is 4.79 Å². The zero-order chi connectivity index (χ0) is 13.8. The summed E-state index contributed by atoms with van der Waals surface area (Å²) in [5.74, 6) is -0.240. The topological polar surface area (TPSA) is 29.1 Å². The van der Waals surface area contributed by atoms with E-state index >= 15 is 0 Å². The van der Waals surface area contributed by atoms with E-state index in [4.69, 9.17) is 23.2 Å². The number of hydrogen-bond donors (Lipinski definition) is 1. The summed E-state index contributed by atoms with van der Waals surface area (Å²) in [5.41, 5.74) is 2.03. The summed E-state index contributed by atoms with van der Waals surface area (Å²) in [6, 6.07) is 14.4. The Labute approximate surface area is 122 Å². The lowest BCUT2D eigenvalue weighted by molar-refractivity contribution is 0.102. The van der Waals surface area contributed by atoms with Crippen LogP contribution in [0.25, 0.3) is 0 Å². The Kier molecular flexibility index (Phi) is 4.46. The first-order valence-corrected chi connectivity index (χ1v) is 6.70. The Morgan fingerprint density at radius 1 is 1.11 bits per heavy atom. The highest BCUT2D eigenvalue weighted by atomic mass is 35.5. The summed E-state index contributed by atoms with van der Waals surface area (Å²) in [6.45, 7) is 1.86. The van der Waals surface area contributed by atoms with Crippen molar-refractivity contribution >= 4 is 34.8 Å². The number of carbonyl (C=O) groups excluding carboxylic acids is 1. The van der Waals surface area contributed by atoms with Crippen LogP contribution in [0.5, 0.6) is 0 Å². The molecule has 0 saturated heterocycles. The van der Waals surface area contributed by atoms with Crippen LogP contribution in [-0.2, 0) is 0 Å². The van der Waals surface area contributed by atoms with Crippen LogP contribution in [0.4, 0.5) is 5.69 Å². The molecule has 19 heavy (non-hydrogen) atoms. The molecule has 0 heterocycles. The molecule has 1 amide bonds. The van der Waals surface area contributed by atoms with Gasteiger partial charge in [-0.3, -0.25) is 4.79 Å². The van der Waals surface area contributed by atoms with E-state index in [1.165, 1.54) is 0 Å². The quantitative estimate of drug-likeness (QED) is 0.802. The van der Waals surface area contributed by atoms with Gasteiger partial charge in [0.2, 0.25) is 0 Å². The normalized spacial score (nSPS) is 11.9. The molecule has 1 atom stereocenters. The number of para-hydroxylation sites is 1. The first-order valence-electron chi connectivity index (χ1n) is 5.88. The Morgan fingerprint density at radius 2 is 1.74 bits per heavy atom. The second-order valence-electron chi connectivity index (χ2n) is 4.14. The molecule has 0 aliphatic carbocycles. The SMILES string of the molecule is CC(Cl)c1ccccc1NC(=O)c1ccccc1Cl. The van der Waals surface area contributed by atoms with Crippen LogP contribution < -0.4 is 5.32 Å². The molecule has 1 unspecified atom stereocenters. The molecule has 98 valence electrons. The summed E-state index contributed by atoms with van der Waals surface area (Å²) < 4.78 is 0. The molecule has 0 aromatic heterocycles. The molecule has 2 aromatic rings. The molecule has 0 radical (unpaired) electrons. The maximum atomic E-state index is 12.2. The summed E-state index contributed by atoms with van der Waals surface area (Å²) >= 11 is 12.1. The molecule has 0 aliphatic rings. The van der Waals surface area contributed by atoms with Crippen molar-refractivity contribution in [2.75, 3.05) is 5.32 Å². The number of nitrogens with one attached hydrogen (secondary N) is 1. The molecule has 0 saturated carbocycles. The Balaban J connectivity index is 2.27. The first kappa shape index (κ1) is 13.9. The highest BCUT2D eigenvalue weighted by molar-refractivity contribution is 6.34. The van der Waals surface area contributed by atoms with Crippen molar-refractivity contribution in [1.82, 2.24) is 0 Å². The predicted molar refractivity (Wildman–Crippen MR) is 80.1 cm³/mol. The van der Waals surface area contributed by atoms with E-state index in [-0.39, 0.29) is 11.3 Å². The molecule has 0 fully saturated rings. The third-order valence-electron chi connectivity index (χ3n) is 2.76. The second-order valence-corrected chi connectivity index (χ2v) is 5.20. The Morgan fingerprint density at radius 3 is 2.42 bits per heavy atom. The van der Waals surface area contributed by atoms with E-state index in [1.807, 2.05) is 31.2 Å². The predicted octanol–water partition coefficient (Wildman–Crippen LogP) is 4.89. The molecule has 4 heteroatoms. The number of halogens is 2. The lowest BCUT2D eigenvalue weighted by atomic mass is 10.1. The van der Waals surface area contributed by atoms with Crippen LogP contribution in [-0.4, -0.2) is 5.91 Å². The van der Waals surface area contributed by atoms with Gasteiger partial charge in [0.1, 0.15) is 0 Å². The van der Waals surface area contributed by atoms with Gasteiger partial charge in [-0.05, 0) is 30.7 Å². The minimum absolute atomic E-state index is 0.178. The molecular weight excluding hydrogens is 281 g/mol. The third-order valence-corrected chi connectivity index (χ3v) is 3.32. The lowest BCUT2D eigenvalue weighted by Gasteiger charge is -2.13. The van der Waals surface area contributed by atoms with Gasteiger partial charge < -0.3 is 5.32 Å². The van der Waals surface area contributed by atoms with E-state index in [0.29, 0.717) is 16.3 Å².